The molecule has 1 aliphatic heterocycles. The molecule has 2 fully saturated rings. The number of nitrogens with zero attached hydrogens (tertiary/aromatic N) is 1. The summed E-state index contributed by atoms with van der Waals surface area (Å²) < 4.78 is 0. The Kier molecular flexibility index (Phi) is 4.92. The van der Waals surface area contributed by atoms with Crippen molar-refractivity contribution in [2.24, 2.45) is 5.41 Å². The van der Waals surface area contributed by atoms with Crippen molar-refractivity contribution in [2.75, 3.05) is 31.1 Å². The predicted octanol–water partition coefficient (Wildman–Crippen LogP) is 3.30. The molecule has 3 heteroatoms. The van der Waals surface area contributed by atoms with Gasteiger partial charge in [0.15, 0.2) is 0 Å². The van der Waals surface area contributed by atoms with Crippen LogP contribution in [-0.4, -0.2) is 41.3 Å². The number of rotatable bonds is 4. The zero-order chi connectivity index (χ0) is 11.4. The second-order valence-electron chi connectivity index (χ2n) is 5.50. The summed E-state index contributed by atoms with van der Waals surface area (Å²) in [7, 11) is 0. The molecule has 16 heavy (non-hydrogen) atoms. The van der Waals surface area contributed by atoms with E-state index in [4.69, 9.17) is 0 Å². The highest BCUT2D eigenvalue weighted by Crippen LogP contribution is 2.40. The van der Waals surface area contributed by atoms with Crippen LogP contribution in [0, 0.1) is 5.41 Å². The molecule has 0 bridgehead atoms. The van der Waals surface area contributed by atoms with E-state index >= 15 is 0 Å². The van der Waals surface area contributed by atoms with E-state index in [-0.39, 0.29) is 0 Å². The van der Waals surface area contributed by atoms with Crippen molar-refractivity contribution in [3.8, 4) is 0 Å². The Morgan fingerprint density at radius 2 is 2.12 bits per heavy atom. The molecular formula is C13H25NS2. The van der Waals surface area contributed by atoms with Crippen LogP contribution in [0.2, 0.25) is 0 Å². The van der Waals surface area contributed by atoms with Gasteiger partial charge in [-0.25, -0.2) is 0 Å². The maximum atomic E-state index is 4.61. The quantitative estimate of drug-likeness (QED) is 0.772. The van der Waals surface area contributed by atoms with Crippen LogP contribution in [0.5, 0.6) is 0 Å². The Hall–Kier alpha value is 0.660. The first-order valence-corrected chi connectivity index (χ1v) is 8.41. The van der Waals surface area contributed by atoms with Gasteiger partial charge in [0.1, 0.15) is 0 Å². The highest BCUT2D eigenvalue weighted by atomic mass is 32.2. The minimum absolute atomic E-state index is 0.559. The lowest BCUT2D eigenvalue weighted by molar-refractivity contribution is 0.175. The van der Waals surface area contributed by atoms with E-state index in [0.29, 0.717) is 5.41 Å². The highest BCUT2D eigenvalue weighted by Gasteiger charge is 2.35. The highest BCUT2D eigenvalue weighted by molar-refractivity contribution is 8.00. The molecule has 2 aliphatic rings. The van der Waals surface area contributed by atoms with Gasteiger partial charge in [-0.15, -0.1) is 0 Å². The maximum Gasteiger partial charge on any atom is 0.0172 e. The third-order valence-corrected chi connectivity index (χ3v) is 6.28. The molecule has 1 heterocycles. The summed E-state index contributed by atoms with van der Waals surface area (Å²) in [6.45, 7) is 6.26. The molecule has 1 aliphatic carbocycles. The SMILES string of the molecule is CCC1CN(CC2(CS)CCCC2)CCS1. The Bertz CT molecular complexity index is 214. The van der Waals surface area contributed by atoms with Gasteiger partial charge >= 0.3 is 0 Å². The number of thiol groups is 1. The van der Waals surface area contributed by atoms with Gasteiger partial charge in [-0.05, 0) is 30.4 Å². The standard InChI is InChI=1S/C13H25NS2/c1-2-12-9-14(7-8-16-12)10-13(11-15)5-3-4-6-13/h12,15H,2-11H2,1H3. The van der Waals surface area contributed by atoms with Crippen molar-refractivity contribution >= 4 is 24.4 Å². The van der Waals surface area contributed by atoms with Gasteiger partial charge in [-0.3, -0.25) is 0 Å². The molecule has 0 radical (unpaired) electrons. The summed E-state index contributed by atoms with van der Waals surface area (Å²) in [5, 5.41) is 0.882. The lowest BCUT2D eigenvalue weighted by atomic mass is 9.87. The molecule has 0 N–H and O–H groups in total. The van der Waals surface area contributed by atoms with Gasteiger partial charge in [0.25, 0.3) is 0 Å². The van der Waals surface area contributed by atoms with Crippen molar-refractivity contribution in [1.29, 1.82) is 0 Å². The van der Waals surface area contributed by atoms with Gasteiger partial charge in [0, 0.05) is 30.6 Å². The van der Waals surface area contributed by atoms with E-state index in [0.717, 1.165) is 11.0 Å². The van der Waals surface area contributed by atoms with Crippen molar-refractivity contribution < 1.29 is 0 Å². The fourth-order valence-corrected chi connectivity index (χ4v) is 4.80. The summed E-state index contributed by atoms with van der Waals surface area (Å²) in [5.74, 6) is 2.43. The van der Waals surface area contributed by atoms with Crippen LogP contribution in [0.25, 0.3) is 0 Å². The van der Waals surface area contributed by atoms with Crippen LogP contribution >= 0.6 is 24.4 Å². The molecule has 94 valence electrons. The lowest BCUT2D eigenvalue weighted by Crippen LogP contribution is -2.44. The summed E-state index contributed by atoms with van der Waals surface area (Å²) in [6.07, 6.45) is 7.02. The van der Waals surface area contributed by atoms with Crippen molar-refractivity contribution in [3.05, 3.63) is 0 Å². The molecule has 1 atom stereocenters. The summed E-state index contributed by atoms with van der Waals surface area (Å²) in [6, 6.07) is 0. The normalized spacial score (nSPS) is 30.8. The van der Waals surface area contributed by atoms with E-state index < -0.39 is 0 Å². The van der Waals surface area contributed by atoms with E-state index in [1.54, 1.807) is 0 Å². The first-order chi connectivity index (χ1) is 7.78. The van der Waals surface area contributed by atoms with Gasteiger partial charge < -0.3 is 4.90 Å². The Labute approximate surface area is 110 Å². The number of thioether (sulfide) groups is 1. The third-order valence-electron chi connectivity index (χ3n) is 4.24. The Morgan fingerprint density at radius 3 is 2.75 bits per heavy atom. The average Bonchev–Trinajstić information content (AvgIpc) is 2.78. The fraction of sp³-hybridized carbons (Fsp3) is 1.00. The average molecular weight is 259 g/mol. The molecular weight excluding hydrogens is 234 g/mol. The third kappa shape index (κ3) is 3.11. The molecule has 1 unspecified atom stereocenters. The Balaban J connectivity index is 1.87. The molecule has 1 saturated heterocycles. The zero-order valence-corrected chi connectivity index (χ0v) is 12.2. The van der Waals surface area contributed by atoms with Crippen molar-refractivity contribution in [1.82, 2.24) is 4.90 Å². The summed E-state index contributed by atoms with van der Waals surface area (Å²) in [5.41, 5.74) is 0.559. The van der Waals surface area contributed by atoms with Gasteiger partial charge in [0.2, 0.25) is 0 Å². The van der Waals surface area contributed by atoms with E-state index in [2.05, 4.69) is 36.2 Å². The molecule has 0 aromatic carbocycles. The molecule has 2 rings (SSSR count). The largest absolute Gasteiger partial charge is 0.301 e. The van der Waals surface area contributed by atoms with Crippen LogP contribution in [0.15, 0.2) is 0 Å². The summed E-state index contributed by atoms with van der Waals surface area (Å²) in [4.78, 5) is 2.71. The molecule has 1 saturated carbocycles. The van der Waals surface area contributed by atoms with Crippen LogP contribution in [0.3, 0.4) is 0 Å². The first kappa shape index (κ1) is 13.1. The van der Waals surface area contributed by atoms with Crippen molar-refractivity contribution in [2.45, 2.75) is 44.3 Å². The molecule has 0 spiro atoms. The van der Waals surface area contributed by atoms with Crippen LogP contribution in [-0.2, 0) is 0 Å². The number of hydrogen-bond donors (Lipinski definition) is 1. The van der Waals surface area contributed by atoms with Gasteiger partial charge in [0.05, 0.1) is 0 Å². The first-order valence-electron chi connectivity index (χ1n) is 6.73. The van der Waals surface area contributed by atoms with Gasteiger partial charge in [-0.1, -0.05) is 19.8 Å². The minimum Gasteiger partial charge on any atom is -0.301 e. The maximum absolute atomic E-state index is 4.61. The second-order valence-corrected chi connectivity index (χ2v) is 7.23. The van der Waals surface area contributed by atoms with E-state index in [9.17, 15) is 0 Å². The lowest BCUT2D eigenvalue weighted by Gasteiger charge is -2.38. The van der Waals surface area contributed by atoms with Crippen LogP contribution in [0.4, 0.5) is 0 Å². The topological polar surface area (TPSA) is 3.24 Å². The fourth-order valence-electron chi connectivity index (χ4n) is 3.14. The van der Waals surface area contributed by atoms with E-state index in [1.807, 2.05) is 0 Å². The van der Waals surface area contributed by atoms with Gasteiger partial charge in [-0.2, -0.15) is 24.4 Å². The molecule has 0 amide bonds. The van der Waals surface area contributed by atoms with E-state index in [1.165, 1.54) is 57.5 Å². The van der Waals surface area contributed by atoms with Crippen LogP contribution in [0.1, 0.15) is 39.0 Å². The number of hydrogen-bond acceptors (Lipinski definition) is 3. The monoisotopic (exact) mass is 259 g/mol. The minimum atomic E-state index is 0.559. The Morgan fingerprint density at radius 1 is 1.38 bits per heavy atom. The molecule has 0 aromatic rings. The predicted molar refractivity (Wildman–Crippen MR) is 77.7 cm³/mol. The molecule has 1 nitrogen and oxygen atoms in total. The zero-order valence-electron chi connectivity index (χ0n) is 10.5. The smallest absolute Gasteiger partial charge is 0.0172 e. The van der Waals surface area contributed by atoms with Crippen LogP contribution < -0.4 is 0 Å². The second kappa shape index (κ2) is 6.01. The summed E-state index contributed by atoms with van der Waals surface area (Å²) >= 11 is 6.79. The molecule has 0 aromatic heterocycles. The van der Waals surface area contributed by atoms with Crippen molar-refractivity contribution in [3.63, 3.8) is 0 Å².